The maximum Gasteiger partial charge on any atom is 0.243 e. The van der Waals surface area contributed by atoms with E-state index in [0.717, 1.165) is 6.07 Å². The summed E-state index contributed by atoms with van der Waals surface area (Å²) in [7, 11) is -4.04. The highest BCUT2D eigenvalue weighted by atomic mass is 32.2. The van der Waals surface area contributed by atoms with Gasteiger partial charge >= 0.3 is 0 Å². The van der Waals surface area contributed by atoms with E-state index in [9.17, 15) is 17.6 Å². The van der Waals surface area contributed by atoms with Crippen molar-refractivity contribution >= 4 is 21.6 Å². The lowest BCUT2D eigenvalue weighted by molar-refractivity contribution is -0.122. The van der Waals surface area contributed by atoms with Crippen LogP contribution in [0.4, 0.5) is 10.1 Å². The third kappa shape index (κ3) is 4.44. The molecule has 0 atom stereocenters. The van der Waals surface area contributed by atoms with Gasteiger partial charge in [0.25, 0.3) is 0 Å². The largest absolute Gasteiger partial charge is 0.399 e. The molecule has 0 fully saturated rings. The second-order valence-electron chi connectivity index (χ2n) is 4.07. The number of rotatable bonds is 7. The van der Waals surface area contributed by atoms with Gasteiger partial charge in [-0.2, -0.15) is 0 Å². The van der Waals surface area contributed by atoms with Gasteiger partial charge in [0.15, 0.2) is 0 Å². The van der Waals surface area contributed by atoms with E-state index in [4.69, 9.17) is 16.2 Å². The van der Waals surface area contributed by atoms with Crippen LogP contribution >= 0.6 is 0 Å². The topological polar surface area (TPSA) is 125 Å². The van der Waals surface area contributed by atoms with Gasteiger partial charge in [-0.15, -0.1) is 0 Å². The number of hydrogen-bond donors (Lipinski definition) is 3. The van der Waals surface area contributed by atoms with Crippen molar-refractivity contribution in [2.45, 2.75) is 11.8 Å². The predicted molar refractivity (Wildman–Crippen MR) is 70.8 cm³/mol. The zero-order chi connectivity index (χ0) is 15.3. The highest BCUT2D eigenvalue weighted by Crippen LogP contribution is 2.21. The molecule has 1 aromatic rings. The molecule has 9 heteroatoms. The minimum atomic E-state index is -4.04. The first-order valence-electron chi connectivity index (χ1n) is 5.65. The molecule has 0 heterocycles. The first kappa shape index (κ1) is 16.3. The third-order valence-electron chi connectivity index (χ3n) is 2.32. The van der Waals surface area contributed by atoms with Crippen molar-refractivity contribution in [3.63, 3.8) is 0 Å². The molecular formula is C11H16FN3O4S. The van der Waals surface area contributed by atoms with E-state index in [-0.39, 0.29) is 31.0 Å². The Kier molecular flexibility index (Phi) is 5.43. The maximum absolute atomic E-state index is 13.8. The van der Waals surface area contributed by atoms with Crippen LogP contribution in [0.15, 0.2) is 17.0 Å². The van der Waals surface area contributed by atoms with Gasteiger partial charge in [-0.1, -0.05) is 0 Å². The maximum atomic E-state index is 13.8. The number of ether oxygens (including phenoxy) is 1. The van der Waals surface area contributed by atoms with E-state index in [1.165, 1.54) is 13.0 Å². The minimum Gasteiger partial charge on any atom is -0.399 e. The standard InChI is InChI=1S/C11H16FN3O4S/c1-7-4-8(13)5-9(11(7)12)20(17,18)15-2-3-19-6-10(14)16/h4-5,15H,2-3,6,13H2,1H3,(H2,14,16). The summed E-state index contributed by atoms with van der Waals surface area (Å²) in [4.78, 5) is 9.87. The Balaban J connectivity index is 2.72. The van der Waals surface area contributed by atoms with Crippen molar-refractivity contribution in [3.05, 3.63) is 23.5 Å². The fourth-order valence-electron chi connectivity index (χ4n) is 1.46. The van der Waals surface area contributed by atoms with Crippen LogP contribution in [-0.4, -0.2) is 34.1 Å². The van der Waals surface area contributed by atoms with Crippen molar-refractivity contribution < 1.29 is 22.3 Å². The molecule has 0 bridgehead atoms. The number of anilines is 1. The van der Waals surface area contributed by atoms with Gasteiger partial charge in [-0.25, -0.2) is 17.5 Å². The highest BCUT2D eigenvalue weighted by molar-refractivity contribution is 7.89. The minimum absolute atomic E-state index is 0.0644. The zero-order valence-electron chi connectivity index (χ0n) is 10.8. The molecule has 0 saturated carbocycles. The van der Waals surface area contributed by atoms with Crippen LogP contribution in [0.3, 0.4) is 0 Å². The number of halogens is 1. The third-order valence-corrected chi connectivity index (χ3v) is 3.78. The Hall–Kier alpha value is -1.71. The molecule has 0 aromatic heterocycles. The predicted octanol–water partition coefficient (Wildman–Crippen LogP) is -0.503. The van der Waals surface area contributed by atoms with Crippen LogP contribution in [0.1, 0.15) is 5.56 Å². The van der Waals surface area contributed by atoms with E-state index >= 15 is 0 Å². The van der Waals surface area contributed by atoms with Gasteiger partial charge < -0.3 is 16.2 Å². The smallest absolute Gasteiger partial charge is 0.243 e. The number of carbonyl (C=O) groups is 1. The number of aryl methyl sites for hydroxylation is 1. The molecule has 0 saturated heterocycles. The number of primary amides is 1. The van der Waals surface area contributed by atoms with Crippen molar-refractivity contribution in [2.75, 3.05) is 25.5 Å². The van der Waals surface area contributed by atoms with Gasteiger partial charge in [-0.3, -0.25) is 4.79 Å². The van der Waals surface area contributed by atoms with Gasteiger partial charge in [0, 0.05) is 12.2 Å². The Morgan fingerprint density at radius 1 is 1.45 bits per heavy atom. The number of sulfonamides is 1. The lowest BCUT2D eigenvalue weighted by Crippen LogP contribution is -2.29. The fraction of sp³-hybridized carbons (Fsp3) is 0.364. The van der Waals surface area contributed by atoms with Crippen LogP contribution in [0.25, 0.3) is 0 Å². The molecule has 0 aliphatic carbocycles. The zero-order valence-corrected chi connectivity index (χ0v) is 11.7. The van der Waals surface area contributed by atoms with Crippen LogP contribution in [0.5, 0.6) is 0 Å². The van der Waals surface area contributed by atoms with E-state index in [0.29, 0.717) is 0 Å². The summed E-state index contributed by atoms with van der Waals surface area (Å²) in [6.07, 6.45) is 0. The highest BCUT2D eigenvalue weighted by Gasteiger charge is 2.20. The molecule has 1 amide bonds. The van der Waals surface area contributed by atoms with E-state index in [1.54, 1.807) is 0 Å². The van der Waals surface area contributed by atoms with Gasteiger partial charge in [0.2, 0.25) is 15.9 Å². The molecule has 1 rings (SSSR count). The van der Waals surface area contributed by atoms with Crippen molar-refractivity contribution in [3.8, 4) is 0 Å². The molecule has 20 heavy (non-hydrogen) atoms. The summed E-state index contributed by atoms with van der Waals surface area (Å²) in [5.74, 6) is -1.52. The molecular weight excluding hydrogens is 289 g/mol. The van der Waals surface area contributed by atoms with Crippen LogP contribution in [0.2, 0.25) is 0 Å². The molecule has 0 aliphatic heterocycles. The molecule has 0 radical (unpaired) electrons. The molecule has 112 valence electrons. The summed E-state index contributed by atoms with van der Waals surface area (Å²) in [6.45, 7) is 0.919. The average molecular weight is 305 g/mol. The SMILES string of the molecule is Cc1cc(N)cc(S(=O)(=O)NCCOCC(N)=O)c1F. The van der Waals surface area contributed by atoms with Gasteiger partial charge in [0.05, 0.1) is 6.61 Å². The van der Waals surface area contributed by atoms with Gasteiger partial charge in [-0.05, 0) is 24.6 Å². The number of nitrogen functional groups attached to an aromatic ring is 1. The number of nitrogens with one attached hydrogen (secondary N) is 1. The summed E-state index contributed by atoms with van der Waals surface area (Å²) >= 11 is 0. The summed E-state index contributed by atoms with van der Waals surface area (Å²) in [5, 5.41) is 0. The van der Waals surface area contributed by atoms with Gasteiger partial charge in [0.1, 0.15) is 17.3 Å². The van der Waals surface area contributed by atoms with Crippen molar-refractivity contribution in [1.29, 1.82) is 0 Å². The molecule has 0 aliphatic rings. The Morgan fingerprint density at radius 2 is 2.10 bits per heavy atom. The van der Waals surface area contributed by atoms with Crippen molar-refractivity contribution in [2.24, 2.45) is 5.73 Å². The summed E-state index contributed by atoms with van der Waals surface area (Å²) in [5.41, 5.74) is 10.6. The first-order chi connectivity index (χ1) is 9.24. The average Bonchev–Trinajstić information content (AvgIpc) is 2.32. The quantitative estimate of drug-likeness (QED) is 0.462. The number of nitrogens with two attached hydrogens (primary N) is 2. The van der Waals surface area contributed by atoms with Crippen molar-refractivity contribution in [1.82, 2.24) is 4.72 Å². The van der Waals surface area contributed by atoms with E-state index < -0.39 is 26.6 Å². The Morgan fingerprint density at radius 3 is 2.70 bits per heavy atom. The monoisotopic (exact) mass is 305 g/mol. The van der Waals surface area contributed by atoms with Crippen LogP contribution in [0, 0.1) is 12.7 Å². The molecule has 7 nitrogen and oxygen atoms in total. The normalized spacial score (nSPS) is 11.5. The Bertz CT molecular complexity index is 604. The second-order valence-corrected chi connectivity index (χ2v) is 5.80. The molecule has 0 spiro atoms. The lowest BCUT2D eigenvalue weighted by atomic mass is 10.2. The number of benzene rings is 1. The molecule has 0 unspecified atom stereocenters. The number of hydrogen-bond acceptors (Lipinski definition) is 5. The summed E-state index contributed by atoms with van der Waals surface area (Å²) in [6, 6.07) is 2.37. The van der Waals surface area contributed by atoms with E-state index in [1.807, 2.05) is 0 Å². The van der Waals surface area contributed by atoms with Crippen LogP contribution < -0.4 is 16.2 Å². The number of amides is 1. The summed E-state index contributed by atoms with van der Waals surface area (Å²) < 4.78 is 44.5. The van der Waals surface area contributed by atoms with Crippen LogP contribution in [-0.2, 0) is 19.6 Å². The Labute approximate surface area is 116 Å². The van der Waals surface area contributed by atoms with E-state index in [2.05, 4.69) is 4.72 Å². The second kappa shape index (κ2) is 6.64. The molecule has 5 N–H and O–H groups in total. The first-order valence-corrected chi connectivity index (χ1v) is 7.13. The molecule has 1 aromatic carbocycles. The lowest BCUT2D eigenvalue weighted by Gasteiger charge is -2.10. The number of carbonyl (C=O) groups excluding carboxylic acids is 1. The fourth-order valence-corrected chi connectivity index (χ4v) is 2.65.